The topological polar surface area (TPSA) is 91.2 Å². The molecule has 0 aliphatic rings. The number of phenolic OH excluding ortho intramolecular Hbond substituents is 1. The fourth-order valence-electron chi connectivity index (χ4n) is 2.72. The zero-order chi connectivity index (χ0) is 23.5. The van der Waals surface area contributed by atoms with Crippen molar-refractivity contribution >= 4 is 49.7 Å². The van der Waals surface area contributed by atoms with Gasteiger partial charge in [-0.2, -0.15) is 13.2 Å². The van der Waals surface area contributed by atoms with E-state index in [4.69, 9.17) is 9.94 Å². The Morgan fingerprint density at radius 1 is 1.03 bits per heavy atom. The Balaban J connectivity index is 1.88. The molecular formula is C21H13Br2F3N2O4. The van der Waals surface area contributed by atoms with Crippen LogP contribution in [0.3, 0.4) is 0 Å². The van der Waals surface area contributed by atoms with E-state index in [9.17, 15) is 23.1 Å². The predicted octanol–water partition coefficient (Wildman–Crippen LogP) is 6.79. The maximum Gasteiger partial charge on any atom is 0.416 e. The molecular weight excluding hydrogens is 561 g/mol. The van der Waals surface area contributed by atoms with Gasteiger partial charge in [-0.3, -0.25) is 4.79 Å². The second kappa shape index (κ2) is 9.61. The maximum absolute atomic E-state index is 12.8. The standard InChI is InChI=1S/C21H13Br2F3N2O4/c22-16-7-13(28-19(30)10-27-31)8-17(23)20(16)32-14-5-6-18(29)15(9-14)11-1-3-12(4-2-11)21(24,25)26/h1-10,29,31H,(H,28,30)/b27-10+. The number of hydrogen-bond acceptors (Lipinski definition) is 5. The molecule has 0 radical (unpaired) electrons. The molecule has 3 aromatic rings. The van der Waals surface area contributed by atoms with Gasteiger partial charge in [0.15, 0.2) is 5.75 Å². The lowest BCUT2D eigenvalue weighted by Crippen LogP contribution is -2.12. The van der Waals surface area contributed by atoms with Gasteiger partial charge in [-0.15, -0.1) is 0 Å². The highest BCUT2D eigenvalue weighted by molar-refractivity contribution is 9.11. The van der Waals surface area contributed by atoms with Crippen LogP contribution in [-0.2, 0) is 11.0 Å². The molecule has 32 heavy (non-hydrogen) atoms. The SMILES string of the molecule is O=C(/C=N/O)Nc1cc(Br)c(Oc2ccc(O)c(-c3ccc(C(F)(F)F)cc3)c2)c(Br)c1. The summed E-state index contributed by atoms with van der Waals surface area (Å²) < 4.78 is 45.2. The van der Waals surface area contributed by atoms with Gasteiger partial charge in [0.05, 0.1) is 14.5 Å². The van der Waals surface area contributed by atoms with Crippen molar-refractivity contribution in [2.75, 3.05) is 5.32 Å². The second-order valence-corrected chi connectivity index (χ2v) is 8.07. The number of halogens is 5. The minimum absolute atomic E-state index is 0.126. The molecule has 0 aliphatic carbocycles. The van der Waals surface area contributed by atoms with E-state index in [0.717, 1.165) is 12.1 Å². The quantitative estimate of drug-likeness (QED) is 0.178. The number of carbonyl (C=O) groups is 1. The van der Waals surface area contributed by atoms with Crippen LogP contribution in [0.1, 0.15) is 5.56 Å². The zero-order valence-electron chi connectivity index (χ0n) is 15.8. The molecule has 6 nitrogen and oxygen atoms in total. The lowest BCUT2D eigenvalue weighted by atomic mass is 10.0. The van der Waals surface area contributed by atoms with E-state index in [1.165, 1.54) is 30.3 Å². The molecule has 166 valence electrons. The van der Waals surface area contributed by atoms with Gasteiger partial charge in [0, 0.05) is 11.3 Å². The number of alkyl halides is 3. The van der Waals surface area contributed by atoms with E-state index in [2.05, 4.69) is 42.3 Å². The summed E-state index contributed by atoms with van der Waals surface area (Å²) >= 11 is 6.69. The van der Waals surface area contributed by atoms with Crippen molar-refractivity contribution < 1.29 is 33.0 Å². The molecule has 3 N–H and O–H groups in total. The number of oxime groups is 1. The van der Waals surface area contributed by atoms with E-state index in [1.807, 2.05) is 0 Å². The smallest absolute Gasteiger partial charge is 0.416 e. The highest BCUT2D eigenvalue weighted by Crippen LogP contribution is 2.41. The summed E-state index contributed by atoms with van der Waals surface area (Å²) in [5, 5.41) is 23.7. The molecule has 0 heterocycles. The predicted molar refractivity (Wildman–Crippen MR) is 119 cm³/mol. The molecule has 0 atom stereocenters. The van der Waals surface area contributed by atoms with Gasteiger partial charge in [0.2, 0.25) is 0 Å². The lowest BCUT2D eigenvalue weighted by Gasteiger charge is -2.14. The molecule has 0 fully saturated rings. The first kappa shape index (κ1) is 23.6. The van der Waals surface area contributed by atoms with E-state index >= 15 is 0 Å². The third-order valence-electron chi connectivity index (χ3n) is 4.15. The molecule has 0 spiro atoms. The molecule has 0 saturated carbocycles. The van der Waals surface area contributed by atoms with Crippen LogP contribution in [-0.4, -0.2) is 22.4 Å². The normalized spacial score (nSPS) is 11.5. The molecule has 1 amide bonds. The molecule has 3 aromatic carbocycles. The Bertz CT molecular complexity index is 1160. The van der Waals surface area contributed by atoms with Crippen molar-refractivity contribution in [3.63, 3.8) is 0 Å². The lowest BCUT2D eigenvalue weighted by molar-refractivity contribution is -0.137. The van der Waals surface area contributed by atoms with Crippen molar-refractivity contribution in [1.29, 1.82) is 0 Å². The largest absolute Gasteiger partial charge is 0.507 e. The van der Waals surface area contributed by atoms with Crippen LogP contribution in [0.2, 0.25) is 0 Å². The highest BCUT2D eigenvalue weighted by Gasteiger charge is 2.30. The van der Waals surface area contributed by atoms with Crippen LogP contribution >= 0.6 is 31.9 Å². The minimum Gasteiger partial charge on any atom is -0.507 e. The van der Waals surface area contributed by atoms with E-state index in [1.54, 1.807) is 12.1 Å². The first-order chi connectivity index (χ1) is 15.1. The summed E-state index contributed by atoms with van der Waals surface area (Å²) in [6, 6.07) is 11.9. The molecule has 11 heteroatoms. The van der Waals surface area contributed by atoms with Crippen molar-refractivity contribution in [3.05, 3.63) is 69.1 Å². The van der Waals surface area contributed by atoms with Gasteiger partial charge in [-0.1, -0.05) is 17.3 Å². The van der Waals surface area contributed by atoms with E-state index < -0.39 is 17.6 Å². The Morgan fingerprint density at radius 2 is 1.66 bits per heavy atom. The molecule has 0 aromatic heterocycles. The number of amides is 1. The van der Waals surface area contributed by atoms with Gasteiger partial charge in [0.25, 0.3) is 5.91 Å². The second-order valence-electron chi connectivity index (χ2n) is 6.36. The summed E-state index contributed by atoms with van der Waals surface area (Å²) in [6.45, 7) is 0. The van der Waals surface area contributed by atoms with Crippen LogP contribution in [0, 0.1) is 0 Å². The van der Waals surface area contributed by atoms with Crippen LogP contribution in [0.5, 0.6) is 17.2 Å². The van der Waals surface area contributed by atoms with Crippen molar-refractivity contribution in [2.24, 2.45) is 5.16 Å². The molecule has 0 aliphatic heterocycles. The van der Waals surface area contributed by atoms with Gasteiger partial charge in [-0.05, 0) is 79.9 Å². The molecule has 0 saturated heterocycles. The van der Waals surface area contributed by atoms with Crippen molar-refractivity contribution in [2.45, 2.75) is 6.18 Å². The highest BCUT2D eigenvalue weighted by atomic mass is 79.9. The van der Waals surface area contributed by atoms with Gasteiger partial charge >= 0.3 is 6.18 Å². The Labute approximate surface area is 196 Å². The summed E-state index contributed by atoms with van der Waals surface area (Å²) in [5.41, 5.74) is 0.258. The minimum atomic E-state index is -4.46. The van der Waals surface area contributed by atoms with Crippen LogP contribution < -0.4 is 10.1 Å². The third kappa shape index (κ3) is 5.60. The number of hydrogen-bond donors (Lipinski definition) is 3. The number of phenols is 1. The number of benzene rings is 3. The number of aromatic hydroxyl groups is 1. The Hall–Kier alpha value is -3.05. The zero-order valence-corrected chi connectivity index (χ0v) is 19.0. The number of nitrogens with one attached hydrogen (secondary N) is 1. The fourth-order valence-corrected chi connectivity index (χ4v) is 4.07. The summed E-state index contributed by atoms with van der Waals surface area (Å²) in [6.07, 6.45) is -3.76. The Kier molecular flexibility index (Phi) is 7.09. The van der Waals surface area contributed by atoms with Gasteiger partial charge in [0.1, 0.15) is 17.7 Å². The van der Waals surface area contributed by atoms with Gasteiger partial charge in [-0.25, -0.2) is 0 Å². The Morgan fingerprint density at radius 3 is 2.22 bits per heavy atom. The number of carbonyl (C=O) groups excluding carboxylic acids is 1. The average Bonchev–Trinajstić information content (AvgIpc) is 2.71. The van der Waals surface area contributed by atoms with Crippen molar-refractivity contribution in [3.8, 4) is 28.4 Å². The van der Waals surface area contributed by atoms with Gasteiger partial charge < -0.3 is 20.4 Å². The summed E-state index contributed by atoms with van der Waals surface area (Å²) in [7, 11) is 0. The maximum atomic E-state index is 12.8. The van der Waals surface area contributed by atoms with E-state index in [-0.39, 0.29) is 11.3 Å². The van der Waals surface area contributed by atoms with Crippen LogP contribution in [0.25, 0.3) is 11.1 Å². The number of nitrogens with zero attached hydrogens (tertiary/aromatic N) is 1. The first-order valence-corrected chi connectivity index (χ1v) is 10.3. The summed E-state index contributed by atoms with van der Waals surface area (Å²) in [4.78, 5) is 11.5. The van der Waals surface area contributed by atoms with Crippen LogP contribution in [0.4, 0.5) is 18.9 Å². The average molecular weight is 574 g/mol. The molecule has 3 rings (SSSR count). The first-order valence-electron chi connectivity index (χ1n) is 8.74. The monoisotopic (exact) mass is 572 g/mol. The van der Waals surface area contributed by atoms with Crippen molar-refractivity contribution in [1.82, 2.24) is 0 Å². The fraction of sp³-hybridized carbons (Fsp3) is 0.0476. The van der Waals surface area contributed by atoms with E-state index in [0.29, 0.717) is 37.9 Å². The number of anilines is 1. The molecule has 0 unspecified atom stereocenters. The number of rotatable bonds is 5. The molecule has 0 bridgehead atoms. The third-order valence-corrected chi connectivity index (χ3v) is 5.33. The summed E-state index contributed by atoms with van der Waals surface area (Å²) in [5.74, 6) is -0.107. The number of ether oxygens (including phenoxy) is 1. The van der Waals surface area contributed by atoms with Crippen LogP contribution in [0.15, 0.2) is 68.7 Å².